The van der Waals surface area contributed by atoms with Crippen molar-refractivity contribution in [1.82, 2.24) is 20.2 Å². The molecule has 3 aliphatic rings. The normalized spacial score (nSPS) is 26.1. The first kappa shape index (κ1) is 19.0. The summed E-state index contributed by atoms with van der Waals surface area (Å²) in [6.07, 6.45) is 2.71. The number of carbonyl (C=O) groups excluding carboxylic acids is 2. The van der Waals surface area contributed by atoms with Crippen LogP contribution in [0.25, 0.3) is 0 Å². The first-order valence-electron chi connectivity index (χ1n) is 9.83. The van der Waals surface area contributed by atoms with E-state index in [9.17, 15) is 14.8 Å². The van der Waals surface area contributed by atoms with Gasteiger partial charge in [-0.25, -0.2) is 9.86 Å². The van der Waals surface area contributed by atoms with Crippen molar-refractivity contribution >= 4 is 18.0 Å². The molecule has 0 aromatic carbocycles. The van der Waals surface area contributed by atoms with E-state index in [1.807, 2.05) is 25.7 Å². The molecule has 2 amide bonds. The zero-order valence-corrected chi connectivity index (χ0v) is 16.5. The molecule has 0 aliphatic carbocycles. The fourth-order valence-electron chi connectivity index (χ4n) is 4.09. The number of aromatic nitrogens is 2. The number of esters is 1. The van der Waals surface area contributed by atoms with Crippen LogP contribution in [0, 0.1) is 5.92 Å². The lowest BCUT2D eigenvalue weighted by Gasteiger charge is -2.31. The number of fused-ring (bicyclic) bond motifs is 2. The van der Waals surface area contributed by atoms with Crippen LogP contribution < -0.4 is 4.90 Å². The van der Waals surface area contributed by atoms with Crippen LogP contribution in [0.2, 0.25) is 0 Å². The van der Waals surface area contributed by atoms with Gasteiger partial charge in [0.15, 0.2) is 0 Å². The predicted octanol–water partition coefficient (Wildman–Crippen LogP) is 1.96. The first-order chi connectivity index (χ1) is 13.2. The number of ether oxygens (including phenoxy) is 1. The van der Waals surface area contributed by atoms with Crippen LogP contribution in [0.3, 0.4) is 0 Å². The molecule has 0 spiro atoms. The highest BCUT2D eigenvalue weighted by atomic mass is 16.6. The zero-order chi connectivity index (χ0) is 20.1. The molecule has 1 aromatic rings. The van der Waals surface area contributed by atoms with Gasteiger partial charge in [0.2, 0.25) is 5.89 Å². The van der Waals surface area contributed by atoms with Gasteiger partial charge in [0.1, 0.15) is 11.6 Å². The Bertz CT molecular complexity index is 752. The Kier molecular flexibility index (Phi) is 4.68. The van der Waals surface area contributed by atoms with Gasteiger partial charge in [-0.2, -0.15) is 0 Å². The third-order valence-corrected chi connectivity index (χ3v) is 5.57. The second-order valence-electron chi connectivity index (χ2n) is 8.74. The summed E-state index contributed by atoms with van der Waals surface area (Å²) in [5.74, 6) is 0.119. The van der Waals surface area contributed by atoms with Gasteiger partial charge in [0, 0.05) is 19.6 Å². The van der Waals surface area contributed by atoms with Crippen molar-refractivity contribution in [3.63, 3.8) is 0 Å². The number of hydrogen-bond donors (Lipinski definition) is 1. The van der Waals surface area contributed by atoms with Crippen LogP contribution >= 0.6 is 0 Å². The van der Waals surface area contributed by atoms with Gasteiger partial charge in [-0.15, -0.1) is 5.10 Å². The van der Waals surface area contributed by atoms with Crippen molar-refractivity contribution in [1.29, 1.82) is 0 Å². The Hall–Kier alpha value is -2.36. The van der Waals surface area contributed by atoms with Crippen molar-refractivity contribution in [2.75, 3.05) is 24.5 Å². The highest BCUT2D eigenvalue weighted by molar-refractivity contribution is 5.76. The van der Waals surface area contributed by atoms with Gasteiger partial charge in [-0.1, -0.05) is 5.10 Å². The maximum absolute atomic E-state index is 12.2. The van der Waals surface area contributed by atoms with Gasteiger partial charge in [0.25, 0.3) is 0 Å². The maximum atomic E-state index is 12.2. The van der Waals surface area contributed by atoms with Crippen LogP contribution in [-0.4, -0.2) is 68.6 Å². The Labute approximate surface area is 163 Å². The number of nitrogens with zero attached hydrogens (tertiary/aromatic N) is 5. The van der Waals surface area contributed by atoms with Gasteiger partial charge >= 0.3 is 18.0 Å². The predicted molar refractivity (Wildman–Crippen MR) is 96.6 cm³/mol. The van der Waals surface area contributed by atoms with Crippen LogP contribution in [-0.2, 0) is 9.53 Å². The topological polar surface area (TPSA) is 112 Å². The smallest absolute Gasteiger partial charge is 0.344 e. The average molecular weight is 393 g/mol. The van der Waals surface area contributed by atoms with E-state index in [1.165, 1.54) is 0 Å². The lowest BCUT2D eigenvalue weighted by atomic mass is 9.97. The number of urea groups is 1. The summed E-state index contributed by atoms with van der Waals surface area (Å²) in [5, 5.41) is 18.9. The lowest BCUT2D eigenvalue weighted by molar-refractivity contribution is -0.160. The number of carbonyl (C=O) groups is 2. The van der Waals surface area contributed by atoms with E-state index in [1.54, 1.807) is 4.90 Å². The molecule has 0 unspecified atom stereocenters. The van der Waals surface area contributed by atoms with Crippen molar-refractivity contribution in [3.05, 3.63) is 5.89 Å². The number of amides is 2. The fraction of sp³-hybridized carbons (Fsp3) is 0.778. The molecule has 0 saturated carbocycles. The molecule has 154 valence electrons. The van der Waals surface area contributed by atoms with E-state index in [2.05, 4.69) is 10.2 Å². The Morgan fingerprint density at radius 1 is 1.18 bits per heavy atom. The highest BCUT2D eigenvalue weighted by Crippen LogP contribution is 2.37. The van der Waals surface area contributed by atoms with Crippen molar-refractivity contribution in [2.24, 2.45) is 5.92 Å². The molecule has 3 aliphatic heterocycles. The van der Waals surface area contributed by atoms with Crippen molar-refractivity contribution < 1.29 is 24.0 Å². The van der Waals surface area contributed by atoms with E-state index in [4.69, 9.17) is 9.15 Å². The van der Waals surface area contributed by atoms with E-state index in [-0.39, 0.29) is 24.0 Å². The summed E-state index contributed by atoms with van der Waals surface area (Å²) in [4.78, 5) is 27.9. The molecule has 2 bridgehead atoms. The molecule has 3 fully saturated rings. The molecule has 2 atom stereocenters. The molecular weight excluding hydrogens is 366 g/mol. The molecule has 28 heavy (non-hydrogen) atoms. The number of rotatable bonds is 3. The van der Waals surface area contributed by atoms with E-state index < -0.39 is 11.6 Å². The molecule has 10 heteroatoms. The molecule has 3 saturated heterocycles. The van der Waals surface area contributed by atoms with Crippen molar-refractivity contribution in [2.45, 2.75) is 64.1 Å². The molecule has 0 radical (unpaired) electrons. The molecule has 1 N–H and O–H groups in total. The molecular formula is C18H27N5O5. The average Bonchev–Trinajstić information content (AvgIpc) is 3.22. The van der Waals surface area contributed by atoms with E-state index in [0.717, 1.165) is 5.06 Å². The number of hydrogen-bond acceptors (Lipinski definition) is 8. The second kappa shape index (κ2) is 6.91. The van der Waals surface area contributed by atoms with Crippen LogP contribution in [0.4, 0.5) is 10.8 Å². The summed E-state index contributed by atoms with van der Waals surface area (Å²) in [6, 6.07) is -0.461. The van der Waals surface area contributed by atoms with Gasteiger partial charge in [0.05, 0.1) is 12.0 Å². The minimum absolute atomic E-state index is 0.120. The first-order valence-corrected chi connectivity index (χ1v) is 9.83. The third kappa shape index (κ3) is 3.52. The van der Waals surface area contributed by atoms with Gasteiger partial charge in [-0.05, 0) is 46.5 Å². The fourth-order valence-corrected chi connectivity index (χ4v) is 4.09. The number of anilines is 1. The van der Waals surface area contributed by atoms with Crippen LogP contribution in [0.5, 0.6) is 0 Å². The third-order valence-electron chi connectivity index (χ3n) is 5.57. The largest absolute Gasteiger partial charge is 0.460 e. The highest BCUT2D eigenvalue weighted by Gasteiger charge is 2.46. The Morgan fingerprint density at radius 2 is 1.89 bits per heavy atom. The summed E-state index contributed by atoms with van der Waals surface area (Å²) in [7, 11) is 0. The van der Waals surface area contributed by atoms with Crippen LogP contribution in [0.1, 0.15) is 58.4 Å². The van der Waals surface area contributed by atoms with Gasteiger partial charge < -0.3 is 19.0 Å². The summed E-state index contributed by atoms with van der Waals surface area (Å²) >= 11 is 0. The standard InChI is InChI=1S/C18H27N5O5/c1-18(2,3)28-15(24)11-6-8-21(9-7-11)16-20-19-14(27-16)13-5-4-12-10-22(13)17(25)23(12)26/h11-13,26H,4-10H2,1-3H3/t12-,13+/m1/s1. The minimum atomic E-state index is -0.480. The summed E-state index contributed by atoms with van der Waals surface area (Å²) < 4.78 is 11.3. The Balaban J connectivity index is 1.37. The van der Waals surface area contributed by atoms with Crippen molar-refractivity contribution in [3.8, 4) is 0 Å². The van der Waals surface area contributed by atoms with Crippen LogP contribution in [0.15, 0.2) is 4.42 Å². The number of piperidine rings is 2. The second-order valence-corrected chi connectivity index (χ2v) is 8.74. The quantitative estimate of drug-likeness (QED) is 0.613. The zero-order valence-electron chi connectivity index (χ0n) is 16.5. The lowest BCUT2D eigenvalue weighted by Crippen LogP contribution is -2.39. The van der Waals surface area contributed by atoms with E-state index >= 15 is 0 Å². The molecule has 4 heterocycles. The Morgan fingerprint density at radius 3 is 2.57 bits per heavy atom. The maximum Gasteiger partial charge on any atom is 0.344 e. The van der Waals surface area contributed by atoms with E-state index in [0.29, 0.717) is 57.2 Å². The molecule has 1 aromatic heterocycles. The monoisotopic (exact) mass is 393 g/mol. The summed E-state index contributed by atoms with van der Waals surface area (Å²) in [6.45, 7) is 7.34. The summed E-state index contributed by atoms with van der Waals surface area (Å²) in [5.41, 5.74) is -0.480. The molecule has 4 rings (SSSR count). The SMILES string of the molecule is CC(C)(C)OC(=O)C1CCN(c2nnc([C@@H]3CC[C@@H]4CN3C(=O)N4O)o2)CC1. The minimum Gasteiger partial charge on any atom is -0.460 e. The molecule has 10 nitrogen and oxygen atoms in total. The number of hydroxylamine groups is 2. The van der Waals surface area contributed by atoms with Gasteiger partial charge in [-0.3, -0.25) is 10.0 Å².